The number of aromatic amines is 1. The predicted molar refractivity (Wildman–Crippen MR) is 128 cm³/mol. The van der Waals surface area contributed by atoms with Gasteiger partial charge in [0, 0.05) is 30.7 Å². The number of piperidine rings is 1. The maximum Gasteiger partial charge on any atom is 0.410 e. The maximum atomic E-state index is 13.6. The fourth-order valence-corrected chi connectivity index (χ4v) is 4.95. The molecule has 0 atom stereocenters. The molecular weight excluding hydrogens is 416 g/mol. The first-order chi connectivity index (χ1) is 15.7. The fraction of sp³-hybridized carbons (Fsp3) is 0.423. The Hall–Kier alpha value is -3.35. The van der Waals surface area contributed by atoms with E-state index in [4.69, 9.17) is 4.74 Å². The van der Waals surface area contributed by atoms with Gasteiger partial charge in [0.2, 0.25) is 5.91 Å². The Kier molecular flexibility index (Phi) is 5.15. The van der Waals surface area contributed by atoms with Crippen LogP contribution < -0.4 is 4.90 Å². The van der Waals surface area contributed by atoms with Crippen LogP contribution in [0.4, 0.5) is 10.5 Å². The number of nitrogens with zero attached hydrogens (tertiary/aromatic N) is 3. The number of aromatic nitrogens is 2. The molecule has 2 fully saturated rings. The molecule has 1 N–H and O–H groups in total. The summed E-state index contributed by atoms with van der Waals surface area (Å²) in [5.74, 6) is 0.175. The highest BCUT2D eigenvalue weighted by atomic mass is 16.6. The molecule has 2 saturated heterocycles. The van der Waals surface area contributed by atoms with Gasteiger partial charge in [0.25, 0.3) is 0 Å². The number of benzene rings is 2. The Morgan fingerprint density at radius 2 is 1.76 bits per heavy atom. The minimum atomic E-state index is -0.515. The van der Waals surface area contributed by atoms with Gasteiger partial charge < -0.3 is 14.5 Å². The van der Waals surface area contributed by atoms with Crippen LogP contribution in [-0.4, -0.2) is 52.3 Å². The van der Waals surface area contributed by atoms with E-state index in [1.165, 1.54) is 0 Å². The van der Waals surface area contributed by atoms with Crippen LogP contribution in [0.2, 0.25) is 0 Å². The number of ether oxygens (including phenoxy) is 1. The first kappa shape index (κ1) is 21.5. The molecular formula is C26H30N4O3. The van der Waals surface area contributed by atoms with Crippen molar-refractivity contribution < 1.29 is 14.3 Å². The number of amides is 2. The SMILES string of the molecule is CC(C)(C)OC(=O)N1CCC2(CC1)CCN(c1cccc(-c3ccc4[nH]ncc4c3)c1)C2=O. The van der Waals surface area contributed by atoms with E-state index in [1.54, 1.807) is 4.90 Å². The van der Waals surface area contributed by atoms with E-state index in [0.29, 0.717) is 32.5 Å². The first-order valence-corrected chi connectivity index (χ1v) is 11.6. The summed E-state index contributed by atoms with van der Waals surface area (Å²) in [6, 6.07) is 14.4. The Morgan fingerprint density at radius 1 is 1.03 bits per heavy atom. The van der Waals surface area contributed by atoms with Gasteiger partial charge in [-0.2, -0.15) is 5.10 Å². The number of hydrogen-bond donors (Lipinski definition) is 1. The third-order valence-corrected chi connectivity index (χ3v) is 6.82. The molecule has 0 saturated carbocycles. The lowest BCUT2D eigenvalue weighted by atomic mass is 9.77. The first-order valence-electron chi connectivity index (χ1n) is 11.6. The van der Waals surface area contributed by atoms with Gasteiger partial charge in [-0.15, -0.1) is 0 Å². The van der Waals surface area contributed by atoms with Gasteiger partial charge in [-0.25, -0.2) is 4.79 Å². The largest absolute Gasteiger partial charge is 0.444 e. The molecule has 1 aromatic heterocycles. The van der Waals surface area contributed by atoms with Crippen LogP contribution in [0, 0.1) is 5.41 Å². The number of anilines is 1. The van der Waals surface area contributed by atoms with Crippen molar-refractivity contribution in [3.8, 4) is 11.1 Å². The van der Waals surface area contributed by atoms with E-state index >= 15 is 0 Å². The molecule has 0 radical (unpaired) electrons. The van der Waals surface area contributed by atoms with E-state index in [9.17, 15) is 9.59 Å². The lowest BCUT2D eigenvalue weighted by Gasteiger charge is -2.38. The summed E-state index contributed by atoms with van der Waals surface area (Å²) < 4.78 is 5.51. The number of H-pyrrole nitrogens is 1. The molecule has 2 aliphatic rings. The minimum Gasteiger partial charge on any atom is -0.444 e. The lowest BCUT2D eigenvalue weighted by Crippen LogP contribution is -2.48. The van der Waals surface area contributed by atoms with Crippen molar-refractivity contribution in [1.82, 2.24) is 15.1 Å². The Morgan fingerprint density at radius 3 is 2.52 bits per heavy atom. The Balaban J connectivity index is 1.31. The van der Waals surface area contributed by atoms with Gasteiger partial charge in [-0.1, -0.05) is 18.2 Å². The highest BCUT2D eigenvalue weighted by Crippen LogP contribution is 2.43. The summed E-state index contributed by atoms with van der Waals surface area (Å²) in [5, 5.41) is 8.14. The number of rotatable bonds is 2. The third-order valence-electron chi connectivity index (χ3n) is 6.82. The maximum absolute atomic E-state index is 13.6. The molecule has 2 aromatic carbocycles. The summed E-state index contributed by atoms with van der Waals surface area (Å²) in [5.41, 5.74) is 3.20. The zero-order valence-corrected chi connectivity index (χ0v) is 19.4. The second-order valence-corrected chi connectivity index (χ2v) is 10.2. The van der Waals surface area contributed by atoms with Gasteiger partial charge in [0.15, 0.2) is 0 Å². The van der Waals surface area contributed by atoms with Crippen LogP contribution in [-0.2, 0) is 9.53 Å². The van der Waals surface area contributed by atoms with Crippen molar-refractivity contribution in [2.75, 3.05) is 24.5 Å². The van der Waals surface area contributed by atoms with Crippen molar-refractivity contribution in [2.24, 2.45) is 5.41 Å². The molecule has 2 aliphatic heterocycles. The summed E-state index contributed by atoms with van der Waals surface area (Å²) in [6.07, 6.45) is 3.71. The van der Waals surface area contributed by atoms with E-state index in [2.05, 4.69) is 34.5 Å². The number of likely N-dealkylation sites (tertiary alicyclic amines) is 1. The number of hydrogen-bond acceptors (Lipinski definition) is 4. The molecule has 172 valence electrons. The van der Waals surface area contributed by atoms with Gasteiger partial charge >= 0.3 is 6.09 Å². The second-order valence-electron chi connectivity index (χ2n) is 10.2. The van der Waals surface area contributed by atoms with Gasteiger partial charge in [-0.3, -0.25) is 9.89 Å². The lowest BCUT2D eigenvalue weighted by molar-refractivity contribution is -0.128. The highest BCUT2D eigenvalue weighted by molar-refractivity contribution is 6.00. The average Bonchev–Trinajstić information content (AvgIpc) is 3.38. The van der Waals surface area contributed by atoms with E-state index in [-0.39, 0.29) is 17.4 Å². The average molecular weight is 447 g/mol. The quantitative estimate of drug-likeness (QED) is 0.602. The number of nitrogens with one attached hydrogen (secondary N) is 1. The highest BCUT2D eigenvalue weighted by Gasteiger charge is 2.49. The predicted octanol–water partition coefficient (Wildman–Crippen LogP) is 4.98. The van der Waals surface area contributed by atoms with Crippen molar-refractivity contribution in [1.29, 1.82) is 0 Å². The molecule has 1 spiro atoms. The van der Waals surface area contributed by atoms with E-state index < -0.39 is 5.60 Å². The molecule has 0 bridgehead atoms. The standard InChI is InChI=1S/C26H30N4O3/c1-25(2,3)33-24(32)29-12-9-26(10-13-29)11-14-30(23(26)31)21-6-4-5-18(16-21)19-7-8-22-20(15-19)17-27-28-22/h4-8,15-17H,9-14H2,1-3H3,(H,27,28). The summed E-state index contributed by atoms with van der Waals surface area (Å²) >= 11 is 0. The summed E-state index contributed by atoms with van der Waals surface area (Å²) in [7, 11) is 0. The Labute approximate surface area is 193 Å². The van der Waals surface area contributed by atoms with E-state index in [0.717, 1.165) is 34.1 Å². The number of carbonyl (C=O) groups excluding carboxylic acids is 2. The number of fused-ring (bicyclic) bond motifs is 1. The molecule has 3 aromatic rings. The zero-order chi connectivity index (χ0) is 23.2. The van der Waals surface area contributed by atoms with Crippen LogP contribution in [0.3, 0.4) is 0 Å². The molecule has 33 heavy (non-hydrogen) atoms. The van der Waals surface area contributed by atoms with Crippen LogP contribution in [0.5, 0.6) is 0 Å². The normalized spacial score (nSPS) is 18.3. The van der Waals surface area contributed by atoms with Crippen molar-refractivity contribution in [3.63, 3.8) is 0 Å². The van der Waals surface area contributed by atoms with Crippen LogP contribution in [0.1, 0.15) is 40.0 Å². The zero-order valence-electron chi connectivity index (χ0n) is 19.4. The van der Waals surface area contributed by atoms with Crippen LogP contribution >= 0.6 is 0 Å². The third kappa shape index (κ3) is 4.08. The topological polar surface area (TPSA) is 78.5 Å². The van der Waals surface area contributed by atoms with Crippen LogP contribution in [0.25, 0.3) is 22.0 Å². The number of carbonyl (C=O) groups is 2. The minimum absolute atomic E-state index is 0.175. The molecule has 0 unspecified atom stereocenters. The second kappa shape index (κ2) is 7.90. The van der Waals surface area contributed by atoms with Gasteiger partial charge in [0.1, 0.15) is 5.60 Å². The molecule has 0 aliphatic carbocycles. The molecule has 5 rings (SSSR count). The van der Waals surface area contributed by atoms with Crippen LogP contribution in [0.15, 0.2) is 48.7 Å². The Bertz CT molecular complexity index is 1200. The van der Waals surface area contributed by atoms with Crippen molar-refractivity contribution in [3.05, 3.63) is 48.7 Å². The molecule has 7 nitrogen and oxygen atoms in total. The molecule has 2 amide bonds. The smallest absolute Gasteiger partial charge is 0.410 e. The fourth-order valence-electron chi connectivity index (χ4n) is 4.95. The van der Waals surface area contributed by atoms with E-state index in [1.807, 2.05) is 50.1 Å². The molecule has 3 heterocycles. The van der Waals surface area contributed by atoms with Gasteiger partial charge in [0.05, 0.1) is 17.1 Å². The summed E-state index contributed by atoms with van der Waals surface area (Å²) in [4.78, 5) is 29.6. The molecule has 7 heteroatoms. The monoisotopic (exact) mass is 446 g/mol. The van der Waals surface area contributed by atoms with Crippen molar-refractivity contribution >= 4 is 28.6 Å². The van der Waals surface area contributed by atoms with Gasteiger partial charge in [-0.05, 0) is 75.4 Å². The summed E-state index contributed by atoms with van der Waals surface area (Å²) in [6.45, 7) is 7.43. The van der Waals surface area contributed by atoms with Crippen molar-refractivity contribution in [2.45, 2.75) is 45.6 Å².